The number of benzene rings is 1. The quantitative estimate of drug-likeness (QED) is 0.620. The maximum atomic E-state index is 12.5. The Hall–Kier alpha value is -2.77. The predicted molar refractivity (Wildman–Crippen MR) is 93.9 cm³/mol. The van der Waals surface area contributed by atoms with E-state index in [0.29, 0.717) is 42.8 Å². The lowest BCUT2D eigenvalue weighted by Crippen LogP contribution is -2.28. The van der Waals surface area contributed by atoms with Crippen LogP contribution in [0.2, 0.25) is 0 Å². The summed E-state index contributed by atoms with van der Waals surface area (Å²) in [6, 6.07) is 3.72. The number of nitrogens with one attached hydrogen (secondary N) is 1. The molecule has 1 aliphatic rings. The van der Waals surface area contributed by atoms with Gasteiger partial charge in [-0.3, -0.25) is 14.8 Å². The number of aromatic nitrogens is 1. The van der Waals surface area contributed by atoms with E-state index >= 15 is 0 Å². The third kappa shape index (κ3) is 2.75. The summed E-state index contributed by atoms with van der Waals surface area (Å²) in [5.41, 5.74) is 13.0. The molecule has 0 atom stereocenters. The number of nitrogens with two attached hydrogens (primary N) is 2. The smallest absolute Gasteiger partial charge is 0.206 e. The van der Waals surface area contributed by atoms with Crippen LogP contribution >= 0.6 is 0 Å². The average molecular weight is 325 g/mol. The normalized spacial score (nSPS) is 15.5. The number of carbonyl (C=O) groups is 1. The molecule has 0 saturated carbocycles. The van der Waals surface area contributed by atoms with E-state index in [1.165, 1.54) is 6.08 Å². The highest BCUT2D eigenvalue weighted by molar-refractivity contribution is 6.53. The first-order valence-electron chi connectivity index (χ1n) is 7.72. The van der Waals surface area contributed by atoms with E-state index in [1.54, 1.807) is 12.4 Å². The molecule has 1 aromatic heterocycles. The fraction of sp³-hybridized carbons (Fsp3) is 0.235. The van der Waals surface area contributed by atoms with Gasteiger partial charge in [0.05, 0.1) is 12.1 Å². The molecule has 1 aromatic carbocycles. The van der Waals surface area contributed by atoms with E-state index in [2.05, 4.69) is 15.3 Å². The van der Waals surface area contributed by atoms with Crippen LogP contribution in [0.3, 0.4) is 0 Å². The van der Waals surface area contributed by atoms with Crippen LogP contribution in [0, 0.1) is 0 Å². The summed E-state index contributed by atoms with van der Waals surface area (Å²) in [4.78, 5) is 20.8. The van der Waals surface area contributed by atoms with Crippen molar-refractivity contribution in [3.05, 3.63) is 41.7 Å². The fourth-order valence-corrected chi connectivity index (χ4v) is 2.76. The van der Waals surface area contributed by atoms with E-state index < -0.39 is 0 Å². The first-order valence-corrected chi connectivity index (χ1v) is 7.72. The number of hydrogen-bond acceptors (Lipinski definition) is 7. The van der Waals surface area contributed by atoms with Crippen LogP contribution in [-0.2, 0) is 4.79 Å². The number of hydrogen-bond donors (Lipinski definition) is 4. The summed E-state index contributed by atoms with van der Waals surface area (Å²) in [5.74, 6) is -0.270. The largest absolute Gasteiger partial charge is 0.507 e. The molecule has 0 aliphatic heterocycles. The molecule has 0 saturated heterocycles. The molecule has 1 heterocycles. The second-order valence-corrected chi connectivity index (χ2v) is 5.40. The lowest BCUT2D eigenvalue weighted by atomic mass is 9.88. The molecule has 0 radical (unpaired) electrons. The standard InChI is InChI=1S/C17H19N5O2/c18-2-5-21-13-8-14(23)16(22-6-3-19)15-11(13)7-10-1-4-20-9-12(10)17(15)24/h1,4,7-9,21,24H,2-3,5-6,18-19H2. The van der Waals surface area contributed by atoms with Gasteiger partial charge in [0, 0.05) is 54.8 Å². The maximum absolute atomic E-state index is 12.5. The van der Waals surface area contributed by atoms with Gasteiger partial charge in [0.2, 0.25) is 5.78 Å². The summed E-state index contributed by atoms with van der Waals surface area (Å²) >= 11 is 0. The number of aliphatic imine (C=N–C) groups is 1. The minimum absolute atomic E-state index is 0.000120. The number of allylic oxidation sites excluding steroid dienone is 1. The molecule has 0 spiro atoms. The number of aromatic hydroxyl groups is 1. The third-order valence-electron chi connectivity index (χ3n) is 3.81. The fourth-order valence-electron chi connectivity index (χ4n) is 2.76. The van der Waals surface area contributed by atoms with Gasteiger partial charge in [-0.05, 0) is 17.5 Å². The number of pyridine rings is 1. The summed E-state index contributed by atoms with van der Waals surface area (Å²) in [7, 11) is 0. The molecule has 124 valence electrons. The summed E-state index contributed by atoms with van der Waals surface area (Å²) in [5, 5.41) is 15.3. The molecule has 6 N–H and O–H groups in total. The van der Waals surface area contributed by atoms with Crippen molar-refractivity contribution in [2.45, 2.75) is 0 Å². The molecule has 3 rings (SSSR count). The van der Waals surface area contributed by atoms with Crippen LogP contribution in [0.4, 0.5) is 0 Å². The first-order chi connectivity index (χ1) is 11.7. The zero-order valence-corrected chi connectivity index (χ0v) is 13.1. The van der Waals surface area contributed by atoms with Crippen molar-refractivity contribution in [1.29, 1.82) is 0 Å². The van der Waals surface area contributed by atoms with Crippen molar-refractivity contribution >= 4 is 28.0 Å². The first kappa shape index (κ1) is 16.1. The molecule has 0 bridgehead atoms. The van der Waals surface area contributed by atoms with E-state index in [1.807, 2.05) is 12.1 Å². The van der Waals surface area contributed by atoms with Crippen molar-refractivity contribution in [3.63, 3.8) is 0 Å². The van der Waals surface area contributed by atoms with E-state index in [9.17, 15) is 9.90 Å². The lowest BCUT2D eigenvalue weighted by molar-refractivity contribution is -0.108. The average Bonchev–Trinajstić information content (AvgIpc) is 2.60. The van der Waals surface area contributed by atoms with Gasteiger partial charge in [-0.15, -0.1) is 0 Å². The van der Waals surface area contributed by atoms with Gasteiger partial charge in [-0.1, -0.05) is 0 Å². The number of fused-ring (bicyclic) bond motifs is 2. The maximum Gasteiger partial charge on any atom is 0.206 e. The van der Waals surface area contributed by atoms with Gasteiger partial charge >= 0.3 is 0 Å². The van der Waals surface area contributed by atoms with E-state index in [4.69, 9.17) is 11.5 Å². The third-order valence-corrected chi connectivity index (χ3v) is 3.81. The van der Waals surface area contributed by atoms with E-state index in [0.717, 1.165) is 10.9 Å². The molecule has 24 heavy (non-hydrogen) atoms. The van der Waals surface area contributed by atoms with Crippen LogP contribution in [0.5, 0.6) is 5.75 Å². The van der Waals surface area contributed by atoms with Crippen LogP contribution in [0.15, 0.2) is 35.6 Å². The van der Waals surface area contributed by atoms with Crippen molar-refractivity contribution in [2.75, 3.05) is 26.2 Å². The van der Waals surface area contributed by atoms with Gasteiger partial charge < -0.3 is 21.9 Å². The molecule has 0 unspecified atom stereocenters. The molecule has 7 nitrogen and oxygen atoms in total. The Morgan fingerprint density at radius 1 is 1.29 bits per heavy atom. The summed E-state index contributed by atoms with van der Waals surface area (Å²) in [6.07, 6.45) is 4.71. The Bertz CT molecular complexity index is 857. The van der Waals surface area contributed by atoms with Crippen molar-refractivity contribution in [3.8, 4) is 5.75 Å². The Morgan fingerprint density at radius 2 is 2.12 bits per heavy atom. The molecule has 1 aliphatic carbocycles. The van der Waals surface area contributed by atoms with Crippen LogP contribution < -0.4 is 16.8 Å². The van der Waals surface area contributed by atoms with Gasteiger partial charge in [-0.2, -0.15) is 0 Å². The Morgan fingerprint density at radius 3 is 2.88 bits per heavy atom. The minimum Gasteiger partial charge on any atom is -0.507 e. The highest BCUT2D eigenvalue weighted by Crippen LogP contribution is 2.36. The van der Waals surface area contributed by atoms with Crippen molar-refractivity contribution in [1.82, 2.24) is 10.3 Å². The van der Waals surface area contributed by atoms with Crippen LogP contribution in [-0.4, -0.2) is 47.8 Å². The van der Waals surface area contributed by atoms with Gasteiger partial charge in [0.1, 0.15) is 11.5 Å². The second-order valence-electron chi connectivity index (χ2n) is 5.40. The highest BCUT2D eigenvalue weighted by Gasteiger charge is 2.28. The van der Waals surface area contributed by atoms with Crippen LogP contribution in [0.25, 0.3) is 16.5 Å². The highest BCUT2D eigenvalue weighted by atomic mass is 16.3. The molecule has 0 amide bonds. The molecular weight excluding hydrogens is 306 g/mol. The zero-order valence-electron chi connectivity index (χ0n) is 13.1. The Balaban J connectivity index is 2.26. The number of phenols is 1. The van der Waals surface area contributed by atoms with Gasteiger partial charge in [-0.25, -0.2) is 0 Å². The Labute approximate surface area is 139 Å². The van der Waals surface area contributed by atoms with Crippen molar-refractivity contribution in [2.24, 2.45) is 16.5 Å². The molecule has 7 heteroatoms. The monoisotopic (exact) mass is 325 g/mol. The predicted octanol–water partition coefficient (Wildman–Crippen LogP) is 0.160. The summed E-state index contributed by atoms with van der Waals surface area (Å²) < 4.78 is 0. The number of nitrogens with zero attached hydrogens (tertiary/aromatic N) is 2. The van der Waals surface area contributed by atoms with Gasteiger partial charge in [0.15, 0.2) is 0 Å². The van der Waals surface area contributed by atoms with Crippen molar-refractivity contribution < 1.29 is 9.90 Å². The topological polar surface area (TPSA) is 127 Å². The second kappa shape index (κ2) is 6.77. The molecular formula is C17H19N5O2. The summed E-state index contributed by atoms with van der Waals surface area (Å²) in [6.45, 7) is 1.58. The minimum atomic E-state index is -0.269. The van der Waals surface area contributed by atoms with Gasteiger partial charge in [0.25, 0.3) is 0 Å². The molecule has 2 aromatic rings. The number of ketones is 1. The number of rotatable bonds is 5. The SMILES string of the molecule is NCCN=C1C(=O)C=C(NCCN)c2cc3ccncc3c(O)c21. The number of phenolic OH excluding ortho intramolecular Hbond substituents is 1. The Kier molecular flexibility index (Phi) is 4.54. The van der Waals surface area contributed by atoms with E-state index in [-0.39, 0.29) is 17.2 Å². The lowest BCUT2D eigenvalue weighted by Gasteiger charge is -2.22. The zero-order chi connectivity index (χ0) is 17.1. The number of carbonyl (C=O) groups excluding carboxylic acids is 1. The van der Waals surface area contributed by atoms with Crippen LogP contribution in [0.1, 0.15) is 11.1 Å². The molecule has 0 fully saturated rings.